The molecule has 1 amide bonds. The van der Waals surface area contributed by atoms with E-state index < -0.39 is 11.9 Å². The van der Waals surface area contributed by atoms with Gasteiger partial charge in [0.25, 0.3) is 5.91 Å². The zero-order valence-electron chi connectivity index (χ0n) is 13.8. The molecule has 0 aliphatic rings. The number of anilines is 1. The van der Waals surface area contributed by atoms with Crippen molar-refractivity contribution in [2.75, 3.05) is 11.9 Å². The average molecular weight is 389 g/mol. The number of carbonyl (C=O) groups excluding carboxylic acids is 2. The van der Waals surface area contributed by atoms with Crippen molar-refractivity contribution in [3.63, 3.8) is 0 Å². The first kappa shape index (κ1) is 19.5. The van der Waals surface area contributed by atoms with Gasteiger partial charge in [-0.1, -0.05) is 35.3 Å². The van der Waals surface area contributed by atoms with E-state index in [0.717, 1.165) is 0 Å². The number of ether oxygens (including phenoxy) is 1. The van der Waals surface area contributed by atoms with Crippen molar-refractivity contribution >= 4 is 46.8 Å². The molecule has 7 heteroatoms. The molecule has 0 aliphatic heterocycles. The Labute approximate surface area is 160 Å². The third-order valence-electron chi connectivity index (χ3n) is 3.30. The van der Waals surface area contributed by atoms with Crippen LogP contribution in [0.25, 0.3) is 6.08 Å². The van der Waals surface area contributed by atoms with E-state index in [1.54, 1.807) is 37.3 Å². The quantitative estimate of drug-likeness (QED) is 0.456. The topological polar surface area (TPSA) is 79.2 Å². The molecule has 0 aliphatic carbocycles. The van der Waals surface area contributed by atoms with Crippen LogP contribution < -0.4 is 5.32 Å². The van der Waals surface area contributed by atoms with E-state index in [-0.39, 0.29) is 17.2 Å². The maximum Gasteiger partial charge on any atom is 0.338 e. The van der Waals surface area contributed by atoms with E-state index >= 15 is 0 Å². The number of nitrogens with zero attached hydrogens (tertiary/aromatic N) is 1. The summed E-state index contributed by atoms with van der Waals surface area (Å²) in [4.78, 5) is 23.9. The third kappa shape index (κ3) is 4.85. The maximum atomic E-state index is 12.3. The number of benzene rings is 2. The van der Waals surface area contributed by atoms with Crippen molar-refractivity contribution in [2.24, 2.45) is 0 Å². The molecule has 1 N–H and O–H groups in total. The van der Waals surface area contributed by atoms with Crippen LogP contribution in [0.15, 0.2) is 48.0 Å². The highest BCUT2D eigenvalue weighted by Gasteiger charge is 2.12. The number of halogens is 2. The van der Waals surface area contributed by atoms with Gasteiger partial charge in [0.1, 0.15) is 11.6 Å². The molecule has 0 saturated carbocycles. The van der Waals surface area contributed by atoms with Crippen molar-refractivity contribution in [2.45, 2.75) is 6.92 Å². The van der Waals surface area contributed by atoms with E-state index in [2.05, 4.69) is 5.32 Å². The molecular weight excluding hydrogens is 375 g/mol. The first-order valence-electron chi connectivity index (χ1n) is 7.60. The summed E-state index contributed by atoms with van der Waals surface area (Å²) in [5.74, 6) is -1.05. The lowest BCUT2D eigenvalue weighted by atomic mass is 10.1. The highest BCUT2D eigenvalue weighted by Crippen LogP contribution is 2.27. The van der Waals surface area contributed by atoms with Crippen LogP contribution in [0.1, 0.15) is 22.8 Å². The zero-order valence-corrected chi connectivity index (χ0v) is 15.3. The number of hydrogen-bond donors (Lipinski definition) is 1. The fourth-order valence-electron chi connectivity index (χ4n) is 2.04. The predicted octanol–water partition coefficient (Wildman–Crippen LogP) is 4.72. The predicted molar refractivity (Wildman–Crippen MR) is 101 cm³/mol. The van der Waals surface area contributed by atoms with Gasteiger partial charge in [-0.05, 0) is 48.9 Å². The van der Waals surface area contributed by atoms with Crippen molar-refractivity contribution in [1.29, 1.82) is 5.26 Å². The smallest absolute Gasteiger partial charge is 0.338 e. The number of hydrogen-bond acceptors (Lipinski definition) is 4. The molecule has 0 fully saturated rings. The van der Waals surface area contributed by atoms with Gasteiger partial charge in [0.05, 0.1) is 22.2 Å². The summed E-state index contributed by atoms with van der Waals surface area (Å²) < 4.78 is 4.89. The summed E-state index contributed by atoms with van der Waals surface area (Å²) in [5, 5.41) is 12.4. The molecular formula is C19H14Cl2N2O3. The lowest BCUT2D eigenvalue weighted by molar-refractivity contribution is -0.112. The Balaban J connectivity index is 2.17. The van der Waals surface area contributed by atoms with Crippen LogP contribution in [0.2, 0.25) is 10.0 Å². The Hall–Kier alpha value is -2.81. The lowest BCUT2D eigenvalue weighted by Crippen LogP contribution is -2.13. The Morgan fingerprint density at radius 1 is 1.19 bits per heavy atom. The van der Waals surface area contributed by atoms with Gasteiger partial charge in [0.15, 0.2) is 0 Å². The van der Waals surface area contributed by atoms with E-state index in [0.29, 0.717) is 21.8 Å². The first-order chi connectivity index (χ1) is 12.5. The Morgan fingerprint density at radius 3 is 2.50 bits per heavy atom. The second kappa shape index (κ2) is 9.04. The van der Waals surface area contributed by atoms with E-state index in [4.69, 9.17) is 27.9 Å². The summed E-state index contributed by atoms with van der Waals surface area (Å²) >= 11 is 12.0. The molecule has 2 aromatic rings. The van der Waals surface area contributed by atoms with Crippen molar-refractivity contribution in [3.8, 4) is 6.07 Å². The normalized spacial score (nSPS) is 10.8. The van der Waals surface area contributed by atoms with Crippen LogP contribution in [0.3, 0.4) is 0 Å². The Kier molecular flexibility index (Phi) is 6.79. The van der Waals surface area contributed by atoms with Gasteiger partial charge in [-0.15, -0.1) is 0 Å². The number of esters is 1. The van der Waals surface area contributed by atoms with Crippen LogP contribution in [-0.4, -0.2) is 18.5 Å². The molecule has 2 aromatic carbocycles. The molecule has 0 heterocycles. The third-order valence-corrected chi connectivity index (χ3v) is 4.13. The van der Waals surface area contributed by atoms with Crippen LogP contribution in [0.5, 0.6) is 0 Å². The van der Waals surface area contributed by atoms with Crippen LogP contribution in [-0.2, 0) is 9.53 Å². The lowest BCUT2D eigenvalue weighted by Gasteiger charge is -2.06. The van der Waals surface area contributed by atoms with Crippen molar-refractivity contribution in [3.05, 3.63) is 69.2 Å². The van der Waals surface area contributed by atoms with Crippen molar-refractivity contribution < 1.29 is 14.3 Å². The van der Waals surface area contributed by atoms with Gasteiger partial charge < -0.3 is 10.1 Å². The maximum absolute atomic E-state index is 12.3. The second-order valence-corrected chi connectivity index (χ2v) is 5.85. The molecule has 0 spiro atoms. The summed E-state index contributed by atoms with van der Waals surface area (Å²) in [6.07, 6.45) is 1.36. The van der Waals surface area contributed by atoms with Gasteiger partial charge in [-0.3, -0.25) is 4.79 Å². The fourth-order valence-corrected chi connectivity index (χ4v) is 2.40. The van der Waals surface area contributed by atoms with Crippen LogP contribution in [0.4, 0.5) is 5.69 Å². The monoisotopic (exact) mass is 388 g/mol. The van der Waals surface area contributed by atoms with E-state index in [1.807, 2.05) is 6.07 Å². The molecule has 0 radical (unpaired) electrons. The van der Waals surface area contributed by atoms with Gasteiger partial charge in [-0.25, -0.2) is 4.79 Å². The minimum atomic E-state index is -0.604. The largest absolute Gasteiger partial charge is 0.462 e. The Bertz CT molecular complexity index is 900. The van der Waals surface area contributed by atoms with Gasteiger partial charge in [0.2, 0.25) is 0 Å². The van der Waals surface area contributed by atoms with Gasteiger partial charge >= 0.3 is 5.97 Å². The molecule has 0 aromatic heterocycles. The molecule has 0 bridgehead atoms. The SMILES string of the molecule is CCOC(=O)c1ccc(NC(=O)/C(C#N)=C/c2cccc(Cl)c2Cl)cc1. The fraction of sp³-hybridized carbons (Fsp3) is 0.105. The second-order valence-electron chi connectivity index (χ2n) is 5.06. The zero-order chi connectivity index (χ0) is 19.1. The van der Waals surface area contributed by atoms with Crippen LogP contribution >= 0.6 is 23.2 Å². The minimum absolute atomic E-state index is 0.136. The molecule has 0 saturated heterocycles. The molecule has 26 heavy (non-hydrogen) atoms. The molecule has 0 atom stereocenters. The van der Waals surface area contributed by atoms with Crippen molar-refractivity contribution in [1.82, 2.24) is 0 Å². The molecule has 2 rings (SSSR count). The summed E-state index contributed by atoms with van der Waals surface area (Å²) in [6, 6.07) is 12.9. The highest BCUT2D eigenvalue weighted by atomic mass is 35.5. The molecule has 5 nitrogen and oxygen atoms in total. The summed E-state index contributed by atoms with van der Waals surface area (Å²) in [7, 11) is 0. The van der Waals surface area contributed by atoms with E-state index in [9.17, 15) is 14.9 Å². The average Bonchev–Trinajstić information content (AvgIpc) is 2.63. The minimum Gasteiger partial charge on any atom is -0.462 e. The molecule has 132 valence electrons. The van der Waals surface area contributed by atoms with E-state index in [1.165, 1.54) is 18.2 Å². The highest BCUT2D eigenvalue weighted by molar-refractivity contribution is 6.43. The summed E-state index contributed by atoms with van der Waals surface area (Å²) in [5.41, 5.74) is 1.13. The first-order valence-corrected chi connectivity index (χ1v) is 8.36. The number of nitrogens with one attached hydrogen (secondary N) is 1. The van der Waals surface area contributed by atoms with Gasteiger partial charge in [0, 0.05) is 5.69 Å². The van der Waals surface area contributed by atoms with Crippen LogP contribution in [0, 0.1) is 11.3 Å². The van der Waals surface area contributed by atoms with Gasteiger partial charge in [-0.2, -0.15) is 5.26 Å². The summed E-state index contributed by atoms with van der Waals surface area (Å²) in [6.45, 7) is 1.99. The standard InChI is InChI=1S/C19H14Cl2N2O3/c1-2-26-19(25)12-6-8-15(9-7-12)23-18(24)14(11-22)10-13-4-3-5-16(20)17(13)21/h3-10H,2H2,1H3,(H,23,24)/b14-10+. The number of carbonyl (C=O) groups is 2. The number of rotatable bonds is 5. The Morgan fingerprint density at radius 2 is 1.88 bits per heavy atom. The number of nitriles is 1. The number of amides is 1. The molecule has 0 unspecified atom stereocenters.